The van der Waals surface area contributed by atoms with Crippen LogP contribution in [0.4, 0.5) is 0 Å². The standard InChI is InChI=1S/C14H25N3O2S2/c1-3-15-10-13-6-4-5-9-17(13)21(18,19)16-11-14-8-7-12(2)20-14/h7-8,13,15-16H,3-6,9-11H2,1-2H3. The Hall–Kier alpha value is -0.470. The van der Waals surface area contributed by atoms with Crippen LogP contribution in [0.1, 0.15) is 35.9 Å². The van der Waals surface area contributed by atoms with Crippen molar-refractivity contribution < 1.29 is 8.42 Å². The topological polar surface area (TPSA) is 61.4 Å². The van der Waals surface area contributed by atoms with Gasteiger partial charge in [0.25, 0.3) is 10.2 Å². The van der Waals surface area contributed by atoms with Crippen molar-refractivity contribution in [2.45, 2.75) is 45.7 Å². The molecule has 0 saturated carbocycles. The number of hydrogen-bond acceptors (Lipinski definition) is 4. The quantitative estimate of drug-likeness (QED) is 0.802. The highest BCUT2D eigenvalue weighted by Gasteiger charge is 2.31. The van der Waals surface area contributed by atoms with Crippen LogP contribution in [0.15, 0.2) is 12.1 Å². The molecule has 1 atom stereocenters. The minimum Gasteiger partial charge on any atom is -0.315 e. The van der Waals surface area contributed by atoms with Crippen LogP contribution in [-0.4, -0.2) is 38.4 Å². The third-order valence-electron chi connectivity index (χ3n) is 3.74. The lowest BCUT2D eigenvalue weighted by molar-refractivity contribution is 0.244. The molecule has 7 heteroatoms. The minimum absolute atomic E-state index is 0.0706. The number of nitrogens with zero attached hydrogens (tertiary/aromatic N) is 1. The maximum absolute atomic E-state index is 12.5. The van der Waals surface area contributed by atoms with Crippen LogP contribution in [0.5, 0.6) is 0 Å². The largest absolute Gasteiger partial charge is 0.315 e. The van der Waals surface area contributed by atoms with E-state index in [0.717, 1.165) is 37.2 Å². The van der Waals surface area contributed by atoms with Crippen LogP contribution in [0.3, 0.4) is 0 Å². The molecule has 1 aliphatic heterocycles. The molecule has 1 fully saturated rings. The zero-order valence-corrected chi connectivity index (χ0v) is 14.4. The summed E-state index contributed by atoms with van der Waals surface area (Å²) in [6, 6.07) is 4.07. The van der Waals surface area contributed by atoms with E-state index in [4.69, 9.17) is 0 Å². The third kappa shape index (κ3) is 4.75. The van der Waals surface area contributed by atoms with Gasteiger partial charge in [-0.3, -0.25) is 0 Å². The first-order valence-corrected chi connectivity index (χ1v) is 9.81. The second kappa shape index (κ2) is 7.69. The number of likely N-dealkylation sites (N-methyl/N-ethyl adjacent to an activating group) is 1. The van der Waals surface area contributed by atoms with Crippen molar-refractivity contribution >= 4 is 21.5 Å². The van der Waals surface area contributed by atoms with Gasteiger partial charge in [0, 0.05) is 35.4 Å². The van der Waals surface area contributed by atoms with E-state index in [9.17, 15) is 8.42 Å². The first-order valence-electron chi connectivity index (χ1n) is 7.55. The molecule has 1 aliphatic rings. The summed E-state index contributed by atoms with van der Waals surface area (Å²) in [6.45, 7) is 6.67. The lowest BCUT2D eigenvalue weighted by Gasteiger charge is -2.34. The molecule has 1 saturated heterocycles. The highest BCUT2D eigenvalue weighted by atomic mass is 32.2. The summed E-state index contributed by atoms with van der Waals surface area (Å²) in [7, 11) is -3.40. The van der Waals surface area contributed by atoms with Gasteiger partial charge in [-0.15, -0.1) is 11.3 Å². The second-order valence-electron chi connectivity index (χ2n) is 5.41. The first-order chi connectivity index (χ1) is 10.0. The molecule has 0 spiro atoms. The molecule has 120 valence electrons. The predicted octanol–water partition coefficient (Wildman–Crippen LogP) is 1.85. The van der Waals surface area contributed by atoms with Crippen molar-refractivity contribution in [1.82, 2.24) is 14.3 Å². The number of thiophene rings is 1. The number of hydrogen-bond donors (Lipinski definition) is 2. The molecule has 1 aromatic heterocycles. The highest BCUT2D eigenvalue weighted by molar-refractivity contribution is 7.87. The fraction of sp³-hybridized carbons (Fsp3) is 0.714. The Kier molecular flexibility index (Phi) is 6.19. The molecular weight excluding hydrogens is 306 g/mol. The van der Waals surface area contributed by atoms with E-state index in [1.165, 1.54) is 4.88 Å². The van der Waals surface area contributed by atoms with Crippen molar-refractivity contribution in [3.63, 3.8) is 0 Å². The Bertz CT molecular complexity index is 542. The number of piperidine rings is 1. The van der Waals surface area contributed by atoms with Crippen LogP contribution >= 0.6 is 11.3 Å². The van der Waals surface area contributed by atoms with Crippen LogP contribution in [-0.2, 0) is 16.8 Å². The van der Waals surface area contributed by atoms with Gasteiger partial charge >= 0.3 is 0 Å². The van der Waals surface area contributed by atoms with Gasteiger partial charge in [-0.05, 0) is 38.4 Å². The molecule has 1 unspecified atom stereocenters. The van der Waals surface area contributed by atoms with E-state index in [1.54, 1.807) is 15.6 Å². The summed E-state index contributed by atoms with van der Waals surface area (Å²) in [5.74, 6) is 0. The number of nitrogens with one attached hydrogen (secondary N) is 2. The second-order valence-corrected chi connectivity index (χ2v) is 8.49. The number of aryl methyl sites for hydroxylation is 1. The highest BCUT2D eigenvalue weighted by Crippen LogP contribution is 2.20. The van der Waals surface area contributed by atoms with E-state index in [2.05, 4.69) is 10.0 Å². The summed E-state index contributed by atoms with van der Waals surface area (Å²) < 4.78 is 29.4. The minimum atomic E-state index is -3.40. The SMILES string of the molecule is CCNCC1CCCCN1S(=O)(=O)NCc1ccc(C)s1. The molecule has 2 N–H and O–H groups in total. The van der Waals surface area contributed by atoms with Crippen molar-refractivity contribution in [3.05, 3.63) is 21.9 Å². The van der Waals surface area contributed by atoms with E-state index in [-0.39, 0.29) is 6.04 Å². The van der Waals surface area contributed by atoms with Gasteiger partial charge in [-0.25, -0.2) is 0 Å². The maximum atomic E-state index is 12.5. The Balaban J connectivity index is 1.98. The van der Waals surface area contributed by atoms with Crippen molar-refractivity contribution in [2.24, 2.45) is 0 Å². The molecule has 0 aliphatic carbocycles. The van der Waals surface area contributed by atoms with E-state index in [0.29, 0.717) is 13.1 Å². The number of rotatable bonds is 7. The van der Waals surface area contributed by atoms with E-state index < -0.39 is 10.2 Å². The lowest BCUT2D eigenvalue weighted by atomic mass is 10.1. The molecule has 0 bridgehead atoms. The monoisotopic (exact) mass is 331 g/mol. The first kappa shape index (κ1) is 16.9. The summed E-state index contributed by atoms with van der Waals surface area (Å²) in [5.41, 5.74) is 0. The summed E-state index contributed by atoms with van der Waals surface area (Å²) in [6.07, 6.45) is 2.99. The molecule has 5 nitrogen and oxygen atoms in total. The molecule has 1 aromatic rings. The summed E-state index contributed by atoms with van der Waals surface area (Å²) in [4.78, 5) is 2.25. The molecular formula is C14H25N3O2S2. The van der Waals surface area contributed by atoms with Crippen LogP contribution in [0.2, 0.25) is 0 Å². The van der Waals surface area contributed by atoms with Gasteiger partial charge in [-0.1, -0.05) is 13.3 Å². The fourth-order valence-corrected chi connectivity index (χ4v) is 5.00. The Labute approximate surface area is 131 Å². The zero-order chi connectivity index (χ0) is 15.3. The lowest BCUT2D eigenvalue weighted by Crippen LogP contribution is -2.52. The maximum Gasteiger partial charge on any atom is 0.280 e. The van der Waals surface area contributed by atoms with Crippen LogP contribution < -0.4 is 10.0 Å². The van der Waals surface area contributed by atoms with E-state index >= 15 is 0 Å². The normalized spacial score (nSPS) is 20.8. The van der Waals surface area contributed by atoms with Gasteiger partial charge in [0.2, 0.25) is 0 Å². The summed E-state index contributed by atoms with van der Waals surface area (Å²) in [5, 5.41) is 3.27. The van der Waals surface area contributed by atoms with Gasteiger partial charge in [-0.2, -0.15) is 17.4 Å². The molecule has 2 rings (SSSR count). The molecule has 2 heterocycles. The zero-order valence-electron chi connectivity index (χ0n) is 12.8. The average molecular weight is 332 g/mol. The van der Waals surface area contributed by atoms with Crippen molar-refractivity contribution in [3.8, 4) is 0 Å². The van der Waals surface area contributed by atoms with Gasteiger partial charge in [0.05, 0.1) is 0 Å². The summed E-state index contributed by atoms with van der Waals surface area (Å²) >= 11 is 1.63. The molecule has 0 amide bonds. The third-order valence-corrected chi connectivity index (χ3v) is 6.34. The van der Waals surface area contributed by atoms with Gasteiger partial charge < -0.3 is 5.32 Å². The Morgan fingerprint density at radius 1 is 1.38 bits per heavy atom. The van der Waals surface area contributed by atoms with Crippen molar-refractivity contribution in [2.75, 3.05) is 19.6 Å². The Morgan fingerprint density at radius 2 is 2.19 bits per heavy atom. The molecule has 21 heavy (non-hydrogen) atoms. The molecule has 0 aromatic carbocycles. The van der Waals surface area contributed by atoms with Gasteiger partial charge in [0.1, 0.15) is 0 Å². The average Bonchev–Trinajstić information content (AvgIpc) is 2.89. The van der Waals surface area contributed by atoms with Crippen molar-refractivity contribution in [1.29, 1.82) is 0 Å². The van der Waals surface area contributed by atoms with Gasteiger partial charge in [0.15, 0.2) is 0 Å². The van der Waals surface area contributed by atoms with Crippen LogP contribution in [0.25, 0.3) is 0 Å². The molecule has 0 radical (unpaired) electrons. The fourth-order valence-electron chi connectivity index (χ4n) is 2.63. The Morgan fingerprint density at radius 3 is 2.86 bits per heavy atom. The van der Waals surface area contributed by atoms with Crippen LogP contribution in [0, 0.1) is 6.92 Å². The smallest absolute Gasteiger partial charge is 0.280 e. The van der Waals surface area contributed by atoms with E-state index in [1.807, 2.05) is 26.0 Å². The predicted molar refractivity (Wildman–Crippen MR) is 87.7 cm³/mol.